The molecule has 0 radical (unpaired) electrons. The first-order valence-corrected chi connectivity index (χ1v) is 8.43. The Balaban J connectivity index is 2.00. The van der Waals surface area contributed by atoms with E-state index in [1.165, 1.54) is 11.1 Å². The van der Waals surface area contributed by atoms with Gasteiger partial charge in [-0.1, -0.05) is 12.1 Å². The zero-order valence-corrected chi connectivity index (χ0v) is 14.4. The monoisotopic (exact) mass is 320 g/mol. The van der Waals surface area contributed by atoms with Crippen LogP contribution < -0.4 is 10.1 Å². The Labute approximate surface area is 138 Å². The summed E-state index contributed by atoms with van der Waals surface area (Å²) in [5.41, 5.74) is 4.33. The molecule has 1 aromatic rings. The van der Waals surface area contributed by atoms with Gasteiger partial charge in [0, 0.05) is 12.1 Å². The Morgan fingerprint density at radius 3 is 2.91 bits per heavy atom. The summed E-state index contributed by atoms with van der Waals surface area (Å²) in [6, 6.07) is 4.17. The molecule has 5 heteroatoms. The minimum Gasteiger partial charge on any atom is -0.493 e. The van der Waals surface area contributed by atoms with Crippen molar-refractivity contribution in [2.75, 3.05) is 26.3 Å². The van der Waals surface area contributed by atoms with Crippen molar-refractivity contribution in [2.45, 2.75) is 46.1 Å². The first-order chi connectivity index (χ1) is 11.1. The van der Waals surface area contributed by atoms with Gasteiger partial charge in [-0.25, -0.2) is 0 Å². The summed E-state index contributed by atoms with van der Waals surface area (Å²) >= 11 is 0. The average molecular weight is 320 g/mol. The fourth-order valence-corrected chi connectivity index (χ4v) is 2.49. The molecular weight excluding hydrogens is 292 g/mol. The molecule has 0 aliphatic carbocycles. The third-order valence-electron chi connectivity index (χ3n) is 3.97. The van der Waals surface area contributed by atoms with E-state index in [-0.39, 0.29) is 6.61 Å². The molecular formula is C18H28N2O3. The Morgan fingerprint density at radius 2 is 2.13 bits per heavy atom. The summed E-state index contributed by atoms with van der Waals surface area (Å²) in [6.45, 7) is 8.57. The second-order valence-electron chi connectivity index (χ2n) is 6.08. The number of aliphatic hydroxyl groups is 1. The minimum absolute atomic E-state index is 0.196. The van der Waals surface area contributed by atoms with Gasteiger partial charge in [-0.3, -0.25) is 0 Å². The van der Waals surface area contributed by atoms with E-state index < -0.39 is 6.10 Å². The van der Waals surface area contributed by atoms with E-state index in [1.807, 2.05) is 0 Å². The van der Waals surface area contributed by atoms with Crippen molar-refractivity contribution < 1.29 is 14.7 Å². The zero-order valence-electron chi connectivity index (χ0n) is 14.4. The minimum atomic E-state index is -0.549. The highest BCUT2D eigenvalue weighted by atomic mass is 16.6. The number of ether oxygens (including phenoxy) is 1. The zero-order chi connectivity index (χ0) is 16.7. The topological polar surface area (TPSA) is 63.1 Å². The van der Waals surface area contributed by atoms with Gasteiger partial charge in [0.2, 0.25) is 0 Å². The summed E-state index contributed by atoms with van der Waals surface area (Å²) < 4.78 is 5.81. The van der Waals surface area contributed by atoms with E-state index in [0.29, 0.717) is 13.2 Å². The van der Waals surface area contributed by atoms with E-state index in [4.69, 9.17) is 9.57 Å². The molecule has 0 aromatic heterocycles. The number of fused-ring (bicyclic) bond motifs is 1. The quantitative estimate of drug-likeness (QED) is 0.599. The third-order valence-corrected chi connectivity index (χ3v) is 3.97. The molecule has 1 aromatic carbocycles. The predicted molar refractivity (Wildman–Crippen MR) is 92.3 cm³/mol. The molecule has 0 bridgehead atoms. The highest BCUT2D eigenvalue weighted by molar-refractivity contribution is 6.03. The van der Waals surface area contributed by atoms with E-state index in [1.54, 1.807) is 0 Å². The molecule has 2 N–H and O–H groups in total. The third kappa shape index (κ3) is 5.22. The highest BCUT2D eigenvalue weighted by Crippen LogP contribution is 2.28. The van der Waals surface area contributed by atoms with Crippen molar-refractivity contribution in [2.24, 2.45) is 5.16 Å². The number of oxime groups is 1. The van der Waals surface area contributed by atoms with Crippen LogP contribution in [0.1, 0.15) is 42.9 Å². The maximum absolute atomic E-state index is 9.86. The standard InChI is InChI=1S/C18H28N2O3/c1-4-7-19-11-15(21)12-23-20-17-6-5-8-22-18-10-14(3)13(2)9-16(17)18/h9-10,15,19,21H,4-8,11-12H2,1-3H3/b20-17-. The van der Waals surface area contributed by atoms with Crippen LogP contribution in [0.2, 0.25) is 0 Å². The summed E-state index contributed by atoms with van der Waals surface area (Å²) in [6.07, 6.45) is 2.23. The number of nitrogens with one attached hydrogen (secondary N) is 1. The number of rotatable bonds is 7. The van der Waals surface area contributed by atoms with Crippen LogP contribution in [0.4, 0.5) is 0 Å². The van der Waals surface area contributed by atoms with Crippen molar-refractivity contribution >= 4 is 5.71 Å². The van der Waals surface area contributed by atoms with E-state index in [2.05, 4.69) is 43.4 Å². The van der Waals surface area contributed by atoms with Gasteiger partial charge in [0.05, 0.1) is 12.3 Å². The van der Waals surface area contributed by atoms with Crippen LogP contribution in [0.15, 0.2) is 17.3 Å². The summed E-state index contributed by atoms with van der Waals surface area (Å²) in [5, 5.41) is 17.3. The van der Waals surface area contributed by atoms with Crippen LogP contribution in [-0.4, -0.2) is 43.2 Å². The van der Waals surface area contributed by atoms with Crippen molar-refractivity contribution in [3.8, 4) is 5.75 Å². The molecule has 1 atom stereocenters. The lowest BCUT2D eigenvalue weighted by Crippen LogP contribution is -2.30. The lowest BCUT2D eigenvalue weighted by molar-refractivity contribution is 0.0403. The Morgan fingerprint density at radius 1 is 1.35 bits per heavy atom. The van der Waals surface area contributed by atoms with Gasteiger partial charge < -0.3 is 20.0 Å². The fraction of sp³-hybridized carbons (Fsp3) is 0.611. The van der Waals surface area contributed by atoms with E-state index >= 15 is 0 Å². The van der Waals surface area contributed by atoms with E-state index in [0.717, 1.165) is 42.8 Å². The van der Waals surface area contributed by atoms with Gasteiger partial charge in [0.15, 0.2) is 0 Å². The Bertz CT molecular complexity index is 543. The molecule has 1 aliphatic rings. The number of hydrogen-bond acceptors (Lipinski definition) is 5. The highest BCUT2D eigenvalue weighted by Gasteiger charge is 2.17. The molecule has 0 saturated heterocycles. The molecule has 1 heterocycles. The molecule has 1 aliphatic heterocycles. The van der Waals surface area contributed by atoms with Gasteiger partial charge in [0.1, 0.15) is 18.5 Å². The molecule has 0 saturated carbocycles. The molecule has 23 heavy (non-hydrogen) atoms. The largest absolute Gasteiger partial charge is 0.493 e. The van der Waals surface area contributed by atoms with Crippen LogP contribution in [0.3, 0.4) is 0 Å². The first kappa shape index (κ1) is 17.8. The molecule has 1 unspecified atom stereocenters. The number of aryl methyl sites for hydroxylation is 2. The van der Waals surface area contributed by atoms with Crippen molar-refractivity contribution in [1.82, 2.24) is 5.32 Å². The Kier molecular flexibility index (Phi) is 6.86. The number of benzene rings is 1. The van der Waals surface area contributed by atoms with Crippen molar-refractivity contribution in [3.63, 3.8) is 0 Å². The second-order valence-corrected chi connectivity index (χ2v) is 6.08. The first-order valence-electron chi connectivity index (χ1n) is 8.43. The number of nitrogens with zero attached hydrogens (tertiary/aromatic N) is 1. The molecule has 0 amide bonds. The molecule has 2 rings (SSSR count). The van der Waals surface area contributed by atoms with Gasteiger partial charge in [-0.2, -0.15) is 0 Å². The lowest BCUT2D eigenvalue weighted by atomic mass is 10.0. The second kappa shape index (κ2) is 8.89. The van der Waals surface area contributed by atoms with Gasteiger partial charge >= 0.3 is 0 Å². The predicted octanol–water partition coefficient (Wildman–Crippen LogP) is 2.56. The average Bonchev–Trinajstić information content (AvgIpc) is 2.71. The van der Waals surface area contributed by atoms with Crippen molar-refractivity contribution in [3.05, 3.63) is 28.8 Å². The lowest BCUT2D eigenvalue weighted by Gasteiger charge is -2.12. The smallest absolute Gasteiger partial charge is 0.144 e. The molecule has 5 nitrogen and oxygen atoms in total. The molecule has 128 valence electrons. The summed E-state index contributed by atoms with van der Waals surface area (Å²) in [4.78, 5) is 5.39. The maximum Gasteiger partial charge on any atom is 0.144 e. The number of aliphatic hydroxyl groups excluding tert-OH is 1. The van der Waals surface area contributed by atoms with Crippen LogP contribution >= 0.6 is 0 Å². The van der Waals surface area contributed by atoms with Crippen LogP contribution in [0.25, 0.3) is 0 Å². The maximum atomic E-state index is 9.86. The van der Waals surface area contributed by atoms with Gasteiger partial charge in [-0.15, -0.1) is 0 Å². The molecule has 0 spiro atoms. The van der Waals surface area contributed by atoms with Crippen LogP contribution in [-0.2, 0) is 4.84 Å². The summed E-state index contributed by atoms with van der Waals surface area (Å²) in [5.74, 6) is 0.873. The Hall–Kier alpha value is -1.59. The van der Waals surface area contributed by atoms with Gasteiger partial charge in [0.25, 0.3) is 0 Å². The normalized spacial score (nSPS) is 17.3. The van der Waals surface area contributed by atoms with Gasteiger partial charge in [-0.05, 0) is 62.9 Å². The van der Waals surface area contributed by atoms with Crippen molar-refractivity contribution in [1.29, 1.82) is 0 Å². The van der Waals surface area contributed by atoms with Crippen LogP contribution in [0, 0.1) is 13.8 Å². The molecule has 0 fully saturated rings. The van der Waals surface area contributed by atoms with E-state index in [9.17, 15) is 5.11 Å². The summed E-state index contributed by atoms with van der Waals surface area (Å²) in [7, 11) is 0. The number of hydrogen-bond donors (Lipinski definition) is 2. The van der Waals surface area contributed by atoms with Crippen LogP contribution in [0.5, 0.6) is 5.75 Å². The fourth-order valence-electron chi connectivity index (χ4n) is 2.49. The SMILES string of the molecule is CCCNCC(O)CO/N=C1/CCCOc2cc(C)c(C)cc21.